The van der Waals surface area contributed by atoms with Crippen LogP contribution in [0.1, 0.15) is 21.5 Å². The van der Waals surface area contributed by atoms with E-state index in [0.29, 0.717) is 23.7 Å². The van der Waals surface area contributed by atoms with Crippen LogP contribution in [0.15, 0.2) is 96.1 Å². The molecular weight excluding hydrogens is 388 g/mol. The van der Waals surface area contributed by atoms with E-state index in [1.807, 2.05) is 54.6 Å². The lowest BCUT2D eigenvalue weighted by Crippen LogP contribution is -2.17. The fourth-order valence-corrected chi connectivity index (χ4v) is 3.28. The van der Waals surface area contributed by atoms with Crippen LogP contribution in [0.5, 0.6) is 11.5 Å². The van der Waals surface area contributed by atoms with E-state index in [1.54, 1.807) is 25.5 Å². The quantitative estimate of drug-likeness (QED) is 0.337. The van der Waals surface area contributed by atoms with Crippen LogP contribution < -0.4 is 14.9 Å². The molecule has 0 bridgehead atoms. The first-order chi connectivity index (χ1) is 15.2. The normalized spacial score (nSPS) is 10.9. The van der Waals surface area contributed by atoms with Crippen molar-refractivity contribution in [3.8, 4) is 11.5 Å². The molecule has 0 aliphatic rings. The molecule has 0 unspecified atom stereocenters. The number of nitrogens with zero attached hydrogens (tertiary/aromatic N) is 1. The zero-order valence-corrected chi connectivity index (χ0v) is 17.1. The number of rotatable bonds is 7. The number of carbonyl (C=O) groups is 1. The van der Waals surface area contributed by atoms with Crippen molar-refractivity contribution in [3.63, 3.8) is 0 Å². The Morgan fingerprint density at radius 3 is 2.52 bits per heavy atom. The molecule has 4 rings (SSSR count). The lowest BCUT2D eigenvalue weighted by atomic mass is 10.1. The highest BCUT2D eigenvalue weighted by molar-refractivity contribution is 5.94. The molecule has 0 aliphatic carbocycles. The van der Waals surface area contributed by atoms with Crippen LogP contribution >= 0.6 is 0 Å². The molecule has 31 heavy (non-hydrogen) atoms. The van der Waals surface area contributed by atoms with E-state index in [4.69, 9.17) is 9.47 Å². The summed E-state index contributed by atoms with van der Waals surface area (Å²) in [5, 5.41) is 6.38. The molecular formula is C26H22N2O3. The summed E-state index contributed by atoms with van der Waals surface area (Å²) in [7, 11) is 1.61. The predicted octanol–water partition coefficient (Wildman–Crippen LogP) is 5.19. The molecule has 4 aromatic carbocycles. The fourth-order valence-electron chi connectivity index (χ4n) is 3.28. The van der Waals surface area contributed by atoms with E-state index in [1.165, 1.54) is 5.39 Å². The molecule has 0 aliphatic heterocycles. The van der Waals surface area contributed by atoms with E-state index >= 15 is 0 Å². The largest absolute Gasteiger partial charge is 0.493 e. The fraction of sp³-hybridized carbons (Fsp3) is 0.0769. The lowest BCUT2D eigenvalue weighted by molar-refractivity contribution is 0.0955. The summed E-state index contributed by atoms with van der Waals surface area (Å²) in [6.45, 7) is 0.406. The van der Waals surface area contributed by atoms with Gasteiger partial charge in [-0.1, -0.05) is 60.7 Å². The number of benzene rings is 4. The third kappa shape index (κ3) is 4.90. The molecule has 0 aromatic heterocycles. The molecule has 154 valence electrons. The molecule has 0 atom stereocenters. The van der Waals surface area contributed by atoms with Crippen molar-refractivity contribution in [2.45, 2.75) is 6.61 Å². The van der Waals surface area contributed by atoms with Gasteiger partial charge in [0, 0.05) is 5.56 Å². The highest BCUT2D eigenvalue weighted by Gasteiger charge is 2.08. The first-order valence-electron chi connectivity index (χ1n) is 9.90. The van der Waals surface area contributed by atoms with Crippen LogP contribution in [0, 0.1) is 0 Å². The number of methoxy groups -OCH3 is 1. The predicted molar refractivity (Wildman–Crippen MR) is 123 cm³/mol. The van der Waals surface area contributed by atoms with Gasteiger partial charge in [0.05, 0.1) is 13.3 Å². The minimum absolute atomic E-state index is 0.266. The molecule has 4 aromatic rings. The van der Waals surface area contributed by atoms with Crippen LogP contribution in [0.4, 0.5) is 0 Å². The summed E-state index contributed by atoms with van der Waals surface area (Å²) in [4.78, 5) is 12.1. The lowest BCUT2D eigenvalue weighted by Gasteiger charge is -2.13. The Bertz CT molecular complexity index is 1210. The highest BCUT2D eigenvalue weighted by atomic mass is 16.5. The molecule has 0 spiro atoms. The number of ether oxygens (including phenoxy) is 2. The summed E-state index contributed by atoms with van der Waals surface area (Å²) < 4.78 is 11.5. The summed E-state index contributed by atoms with van der Waals surface area (Å²) in [5.74, 6) is 0.970. The molecule has 0 radical (unpaired) electrons. The van der Waals surface area contributed by atoms with Crippen LogP contribution in [0.25, 0.3) is 10.8 Å². The van der Waals surface area contributed by atoms with Gasteiger partial charge in [0.1, 0.15) is 6.61 Å². The topological polar surface area (TPSA) is 59.9 Å². The van der Waals surface area contributed by atoms with E-state index < -0.39 is 0 Å². The van der Waals surface area contributed by atoms with E-state index in [2.05, 4.69) is 34.8 Å². The molecule has 0 saturated heterocycles. The minimum atomic E-state index is -0.266. The SMILES string of the molecule is COc1ccc(/C=N\NC(=O)c2ccccc2)cc1OCc1cccc2ccccc12. The first-order valence-corrected chi connectivity index (χ1v) is 9.90. The molecule has 0 saturated carbocycles. The number of carbonyl (C=O) groups excluding carboxylic acids is 1. The number of fused-ring (bicyclic) bond motifs is 1. The van der Waals surface area contributed by atoms with Crippen molar-refractivity contribution in [2.75, 3.05) is 7.11 Å². The molecule has 5 nitrogen and oxygen atoms in total. The van der Waals surface area contributed by atoms with Crippen molar-refractivity contribution in [3.05, 3.63) is 108 Å². The zero-order chi connectivity index (χ0) is 21.5. The van der Waals surface area contributed by atoms with Crippen molar-refractivity contribution in [1.29, 1.82) is 0 Å². The molecule has 5 heteroatoms. The van der Waals surface area contributed by atoms with Gasteiger partial charge in [-0.2, -0.15) is 5.10 Å². The summed E-state index contributed by atoms with van der Waals surface area (Å²) in [6, 6.07) is 28.8. The third-order valence-electron chi connectivity index (χ3n) is 4.87. The molecule has 0 fully saturated rings. The second-order valence-corrected chi connectivity index (χ2v) is 6.90. The number of hydrogen-bond donors (Lipinski definition) is 1. The molecule has 1 amide bonds. The van der Waals surface area contributed by atoms with Crippen molar-refractivity contribution < 1.29 is 14.3 Å². The Morgan fingerprint density at radius 1 is 0.903 bits per heavy atom. The Morgan fingerprint density at radius 2 is 1.68 bits per heavy atom. The van der Waals surface area contributed by atoms with Crippen molar-refractivity contribution in [1.82, 2.24) is 5.43 Å². The van der Waals surface area contributed by atoms with Crippen LogP contribution in [0.3, 0.4) is 0 Å². The van der Waals surface area contributed by atoms with E-state index in [9.17, 15) is 4.79 Å². The van der Waals surface area contributed by atoms with Gasteiger partial charge in [-0.25, -0.2) is 5.43 Å². The van der Waals surface area contributed by atoms with Gasteiger partial charge in [-0.05, 0) is 52.2 Å². The highest BCUT2D eigenvalue weighted by Crippen LogP contribution is 2.29. The Labute approximate surface area is 180 Å². The first kappa shape index (κ1) is 20.2. The maximum Gasteiger partial charge on any atom is 0.271 e. The number of nitrogens with one attached hydrogen (secondary N) is 1. The van der Waals surface area contributed by atoms with Gasteiger partial charge in [0.25, 0.3) is 5.91 Å². The molecule has 0 heterocycles. The standard InChI is InChI=1S/C26H22N2O3/c1-30-24-15-14-19(17-27-28-26(29)21-9-3-2-4-10-21)16-25(24)31-18-22-12-7-11-20-8-5-6-13-23(20)22/h2-17H,18H2,1H3,(H,28,29)/b27-17-. The van der Waals surface area contributed by atoms with Crippen molar-refractivity contribution >= 4 is 22.9 Å². The van der Waals surface area contributed by atoms with Crippen LogP contribution in [-0.4, -0.2) is 19.2 Å². The Kier molecular flexibility index (Phi) is 6.24. The van der Waals surface area contributed by atoms with Gasteiger partial charge >= 0.3 is 0 Å². The maximum absolute atomic E-state index is 12.1. The van der Waals surface area contributed by atoms with Crippen LogP contribution in [-0.2, 0) is 6.61 Å². The zero-order valence-electron chi connectivity index (χ0n) is 17.1. The minimum Gasteiger partial charge on any atom is -0.493 e. The van der Waals surface area contributed by atoms with Gasteiger partial charge in [0.2, 0.25) is 0 Å². The average molecular weight is 410 g/mol. The number of amides is 1. The Hall–Kier alpha value is -4.12. The number of hydrazone groups is 1. The summed E-state index contributed by atoms with van der Waals surface area (Å²) in [5.41, 5.74) is 4.95. The van der Waals surface area contributed by atoms with Gasteiger partial charge < -0.3 is 9.47 Å². The van der Waals surface area contributed by atoms with Crippen molar-refractivity contribution in [2.24, 2.45) is 5.10 Å². The summed E-state index contributed by atoms with van der Waals surface area (Å²) in [6.07, 6.45) is 1.57. The Balaban J connectivity index is 1.48. The monoisotopic (exact) mass is 410 g/mol. The third-order valence-corrected chi connectivity index (χ3v) is 4.87. The second-order valence-electron chi connectivity index (χ2n) is 6.90. The molecule has 1 N–H and O–H groups in total. The van der Waals surface area contributed by atoms with Gasteiger partial charge in [0.15, 0.2) is 11.5 Å². The second kappa shape index (κ2) is 9.59. The van der Waals surface area contributed by atoms with Crippen LogP contribution in [0.2, 0.25) is 0 Å². The smallest absolute Gasteiger partial charge is 0.271 e. The van der Waals surface area contributed by atoms with E-state index in [0.717, 1.165) is 16.5 Å². The van der Waals surface area contributed by atoms with E-state index in [-0.39, 0.29) is 5.91 Å². The average Bonchev–Trinajstić information content (AvgIpc) is 2.83. The summed E-state index contributed by atoms with van der Waals surface area (Å²) >= 11 is 0. The maximum atomic E-state index is 12.1. The van der Waals surface area contributed by atoms with Gasteiger partial charge in [-0.15, -0.1) is 0 Å². The van der Waals surface area contributed by atoms with Gasteiger partial charge in [-0.3, -0.25) is 4.79 Å². The number of hydrogen-bond acceptors (Lipinski definition) is 4.